The third-order valence-electron chi connectivity index (χ3n) is 4.39. The van der Waals surface area contributed by atoms with Gasteiger partial charge in [-0.15, -0.1) is 0 Å². The first kappa shape index (κ1) is 20.1. The highest BCUT2D eigenvalue weighted by Gasteiger charge is 2.48. The Morgan fingerprint density at radius 3 is 2.45 bits per heavy atom. The zero-order valence-electron chi connectivity index (χ0n) is 15.2. The number of hydrogen-bond acceptors (Lipinski definition) is 5. The van der Waals surface area contributed by atoms with E-state index in [0.717, 1.165) is 4.90 Å². The fraction of sp³-hybridized carbons (Fsp3) is 0.263. The summed E-state index contributed by atoms with van der Waals surface area (Å²) in [6.45, 7) is -0.0145. The molecule has 1 aromatic heterocycles. The Labute approximate surface area is 163 Å². The second-order valence-corrected chi connectivity index (χ2v) is 6.54. The van der Waals surface area contributed by atoms with E-state index in [0.29, 0.717) is 16.7 Å². The molecule has 0 bridgehead atoms. The average Bonchev–Trinajstić information content (AvgIpc) is 2.91. The molecule has 3 amide bonds. The van der Waals surface area contributed by atoms with Crippen LogP contribution in [0.15, 0.2) is 42.6 Å². The van der Waals surface area contributed by atoms with Gasteiger partial charge in [0.15, 0.2) is 6.61 Å². The number of urea groups is 1. The van der Waals surface area contributed by atoms with Gasteiger partial charge in [0.2, 0.25) is 5.88 Å². The minimum absolute atomic E-state index is 0.108. The van der Waals surface area contributed by atoms with Crippen LogP contribution in [0.1, 0.15) is 23.6 Å². The normalized spacial score (nSPS) is 19.1. The molecule has 0 radical (unpaired) electrons. The number of nitriles is 1. The molecule has 3 rings (SSSR count). The van der Waals surface area contributed by atoms with Crippen molar-refractivity contribution in [3.05, 3.63) is 59.3 Å². The number of nitrogens with zero attached hydrogens (tertiary/aromatic N) is 3. The van der Waals surface area contributed by atoms with E-state index in [-0.39, 0.29) is 12.4 Å². The van der Waals surface area contributed by atoms with E-state index in [1.165, 1.54) is 18.3 Å². The Morgan fingerprint density at radius 1 is 1.21 bits per heavy atom. The molecule has 1 aliphatic rings. The maximum atomic E-state index is 12.9. The van der Waals surface area contributed by atoms with Gasteiger partial charge >= 0.3 is 12.2 Å². The average molecular weight is 404 g/mol. The Morgan fingerprint density at radius 2 is 1.90 bits per heavy atom. The summed E-state index contributed by atoms with van der Waals surface area (Å²) in [5.74, 6) is -0.713. The quantitative estimate of drug-likeness (QED) is 0.774. The summed E-state index contributed by atoms with van der Waals surface area (Å²) < 4.78 is 41.1. The first-order valence-electron chi connectivity index (χ1n) is 8.41. The highest BCUT2D eigenvalue weighted by Crippen LogP contribution is 2.30. The van der Waals surface area contributed by atoms with E-state index in [2.05, 4.69) is 15.0 Å². The standard InChI is InChI=1S/C19H15F3N4O3/c1-18(14-5-2-12(8-23)3-6-14)16(27)26(17(28)25-18)10-13-4-7-15(24-9-13)29-11-19(20,21)22/h2-7,9H,10-11H2,1H3,(H,25,28)/t18-/m0/s1. The maximum absolute atomic E-state index is 12.9. The highest BCUT2D eigenvalue weighted by molar-refractivity contribution is 6.07. The van der Waals surface area contributed by atoms with Gasteiger partial charge in [-0.05, 0) is 30.2 Å². The second-order valence-electron chi connectivity index (χ2n) is 6.54. The molecule has 1 atom stereocenters. The minimum atomic E-state index is -4.48. The summed E-state index contributed by atoms with van der Waals surface area (Å²) in [7, 11) is 0. The van der Waals surface area contributed by atoms with Crippen molar-refractivity contribution in [2.24, 2.45) is 0 Å². The van der Waals surface area contributed by atoms with Crippen LogP contribution in [0.25, 0.3) is 0 Å². The van der Waals surface area contributed by atoms with Crippen LogP contribution in [0.2, 0.25) is 0 Å². The second kappa shape index (κ2) is 7.43. The van der Waals surface area contributed by atoms with Crippen LogP contribution < -0.4 is 10.1 Å². The van der Waals surface area contributed by atoms with Gasteiger partial charge in [0.05, 0.1) is 18.2 Å². The van der Waals surface area contributed by atoms with Crippen molar-refractivity contribution in [3.63, 3.8) is 0 Å². The van der Waals surface area contributed by atoms with E-state index in [9.17, 15) is 22.8 Å². The lowest BCUT2D eigenvalue weighted by Crippen LogP contribution is -2.40. The molecule has 0 unspecified atom stereocenters. The Kier molecular flexibility index (Phi) is 5.16. The first-order valence-corrected chi connectivity index (χ1v) is 8.41. The largest absolute Gasteiger partial charge is 0.468 e. The van der Waals surface area contributed by atoms with Crippen molar-refractivity contribution in [3.8, 4) is 11.9 Å². The number of carbonyl (C=O) groups is 2. The number of alkyl halides is 3. The fourth-order valence-corrected chi connectivity index (χ4v) is 2.84. The molecule has 0 saturated carbocycles. The smallest absolute Gasteiger partial charge is 0.422 e. The van der Waals surface area contributed by atoms with Crippen LogP contribution in [-0.4, -0.2) is 34.6 Å². The third-order valence-corrected chi connectivity index (χ3v) is 4.39. The molecule has 2 heterocycles. The number of pyridine rings is 1. The fourth-order valence-electron chi connectivity index (χ4n) is 2.84. The van der Waals surface area contributed by atoms with Gasteiger partial charge in [-0.2, -0.15) is 18.4 Å². The summed E-state index contributed by atoms with van der Waals surface area (Å²) in [6, 6.07) is 10.3. The molecule has 10 heteroatoms. The van der Waals surface area contributed by atoms with Crippen LogP contribution in [0.3, 0.4) is 0 Å². The lowest BCUT2D eigenvalue weighted by molar-refractivity contribution is -0.154. The summed E-state index contributed by atoms with van der Waals surface area (Å²) >= 11 is 0. The monoisotopic (exact) mass is 404 g/mol. The molecular formula is C19H15F3N4O3. The Hall–Kier alpha value is -3.61. The van der Waals surface area contributed by atoms with Crippen LogP contribution in [0, 0.1) is 11.3 Å². The van der Waals surface area contributed by atoms with E-state index < -0.39 is 30.3 Å². The van der Waals surface area contributed by atoms with Gasteiger partial charge in [-0.3, -0.25) is 9.69 Å². The van der Waals surface area contributed by atoms with Crippen molar-refractivity contribution in [2.75, 3.05) is 6.61 Å². The predicted molar refractivity (Wildman–Crippen MR) is 93.4 cm³/mol. The van der Waals surface area contributed by atoms with Crippen molar-refractivity contribution in [1.29, 1.82) is 5.26 Å². The molecule has 1 aliphatic heterocycles. The Balaban J connectivity index is 1.72. The zero-order chi connectivity index (χ0) is 21.2. The van der Waals surface area contributed by atoms with Crippen LogP contribution in [0.4, 0.5) is 18.0 Å². The summed E-state index contributed by atoms with van der Waals surface area (Å²) in [5, 5.41) is 11.5. The van der Waals surface area contributed by atoms with E-state index in [1.807, 2.05) is 6.07 Å². The summed E-state index contributed by atoms with van der Waals surface area (Å²) in [4.78, 5) is 30.0. The number of halogens is 3. The van der Waals surface area contributed by atoms with E-state index in [1.54, 1.807) is 31.2 Å². The molecule has 150 valence electrons. The van der Waals surface area contributed by atoms with E-state index in [4.69, 9.17) is 5.26 Å². The Bertz CT molecular complexity index is 968. The number of rotatable bonds is 5. The molecule has 0 spiro atoms. The van der Waals surface area contributed by atoms with Crippen molar-refractivity contribution >= 4 is 11.9 Å². The zero-order valence-corrected chi connectivity index (χ0v) is 15.2. The molecule has 1 saturated heterocycles. The van der Waals surface area contributed by atoms with Crippen molar-refractivity contribution in [2.45, 2.75) is 25.2 Å². The lowest BCUT2D eigenvalue weighted by Gasteiger charge is -2.22. The molecule has 1 aromatic carbocycles. The number of hydrogen-bond donors (Lipinski definition) is 1. The third kappa shape index (κ3) is 4.29. The number of ether oxygens (including phenoxy) is 1. The molecule has 1 N–H and O–H groups in total. The summed E-state index contributed by atoms with van der Waals surface area (Å²) in [5.41, 5.74) is 0.0852. The van der Waals surface area contributed by atoms with Crippen LogP contribution in [-0.2, 0) is 16.9 Å². The van der Waals surface area contributed by atoms with Gasteiger partial charge in [-0.25, -0.2) is 9.78 Å². The van der Waals surface area contributed by atoms with Gasteiger partial charge in [0.1, 0.15) is 5.54 Å². The molecule has 0 aliphatic carbocycles. The number of carbonyl (C=O) groups excluding carboxylic acids is 2. The number of benzene rings is 1. The van der Waals surface area contributed by atoms with Crippen LogP contribution in [0.5, 0.6) is 5.88 Å². The van der Waals surface area contributed by atoms with Gasteiger partial charge < -0.3 is 10.1 Å². The van der Waals surface area contributed by atoms with Crippen LogP contribution >= 0.6 is 0 Å². The predicted octanol–water partition coefficient (Wildman–Crippen LogP) is 2.86. The topological polar surface area (TPSA) is 95.3 Å². The van der Waals surface area contributed by atoms with Crippen molar-refractivity contribution < 1.29 is 27.5 Å². The van der Waals surface area contributed by atoms with Gasteiger partial charge in [0, 0.05) is 12.3 Å². The SMILES string of the molecule is C[C@@]1(c2ccc(C#N)cc2)NC(=O)N(Cc2ccc(OCC(F)(F)F)nc2)C1=O. The van der Waals surface area contributed by atoms with Gasteiger partial charge in [0.25, 0.3) is 5.91 Å². The molecule has 7 nitrogen and oxygen atoms in total. The number of aromatic nitrogens is 1. The summed E-state index contributed by atoms with van der Waals surface area (Å²) in [6.07, 6.45) is -3.24. The van der Waals surface area contributed by atoms with E-state index >= 15 is 0 Å². The first-order chi connectivity index (χ1) is 13.6. The number of nitrogens with one attached hydrogen (secondary N) is 1. The highest BCUT2D eigenvalue weighted by atomic mass is 19.4. The van der Waals surface area contributed by atoms with Crippen molar-refractivity contribution in [1.82, 2.24) is 15.2 Å². The maximum Gasteiger partial charge on any atom is 0.422 e. The minimum Gasteiger partial charge on any atom is -0.468 e. The van der Waals surface area contributed by atoms with Gasteiger partial charge in [-0.1, -0.05) is 18.2 Å². The molecule has 29 heavy (non-hydrogen) atoms. The molecule has 1 fully saturated rings. The number of amides is 3. The molecular weight excluding hydrogens is 389 g/mol. The lowest BCUT2D eigenvalue weighted by atomic mass is 9.91. The molecule has 2 aromatic rings. The number of imide groups is 1.